The third-order valence-electron chi connectivity index (χ3n) is 3.56. The Hall–Kier alpha value is -0.610. The number of nitrogens with two attached hydrogens (primary N) is 1. The van der Waals surface area contributed by atoms with E-state index in [1.54, 1.807) is 7.11 Å². The number of rotatable bonds is 8. The smallest absolute Gasteiger partial charge is 0.222 e. The minimum absolute atomic E-state index is 0.236. The molecule has 1 saturated carbocycles. The lowest BCUT2D eigenvalue weighted by Gasteiger charge is -2.22. The quantitative estimate of drug-likeness (QED) is 0.700. The third kappa shape index (κ3) is 5.50. The van der Waals surface area contributed by atoms with Crippen LogP contribution in [0.25, 0.3) is 0 Å². The predicted molar refractivity (Wildman–Crippen MR) is 68.7 cm³/mol. The molecule has 0 bridgehead atoms. The van der Waals surface area contributed by atoms with Gasteiger partial charge in [-0.15, -0.1) is 0 Å². The molecule has 0 aliphatic heterocycles. The Bertz CT molecular complexity index is 215. The van der Waals surface area contributed by atoms with E-state index < -0.39 is 0 Å². The number of hydrogen-bond acceptors (Lipinski definition) is 3. The molecule has 4 nitrogen and oxygen atoms in total. The number of hydrogen-bond donors (Lipinski definition) is 1. The summed E-state index contributed by atoms with van der Waals surface area (Å²) in [6.07, 6.45) is 7.02. The minimum Gasteiger partial charge on any atom is -0.383 e. The van der Waals surface area contributed by atoms with Crippen LogP contribution < -0.4 is 5.73 Å². The molecule has 100 valence electrons. The topological polar surface area (TPSA) is 55.6 Å². The van der Waals surface area contributed by atoms with Gasteiger partial charge < -0.3 is 15.4 Å². The van der Waals surface area contributed by atoms with Gasteiger partial charge in [0, 0.05) is 33.2 Å². The number of carbonyl (C=O) groups excluding carboxylic acids is 1. The molecular formula is C13H26N2O2. The van der Waals surface area contributed by atoms with E-state index in [1.807, 2.05) is 4.90 Å². The summed E-state index contributed by atoms with van der Waals surface area (Å²) in [6, 6.07) is 0. The predicted octanol–water partition coefficient (Wildman–Crippen LogP) is 1.39. The Labute approximate surface area is 104 Å². The molecular weight excluding hydrogens is 216 g/mol. The van der Waals surface area contributed by atoms with E-state index in [0.29, 0.717) is 32.7 Å². The van der Waals surface area contributed by atoms with Crippen LogP contribution in [-0.4, -0.2) is 44.2 Å². The molecule has 2 N–H and O–H groups in total. The van der Waals surface area contributed by atoms with E-state index in [-0.39, 0.29) is 5.91 Å². The molecule has 0 aromatic rings. The normalized spacial score (nSPS) is 16.4. The summed E-state index contributed by atoms with van der Waals surface area (Å²) in [6.45, 7) is 2.43. The van der Waals surface area contributed by atoms with E-state index in [1.165, 1.54) is 25.7 Å². The summed E-state index contributed by atoms with van der Waals surface area (Å²) >= 11 is 0. The molecule has 1 amide bonds. The van der Waals surface area contributed by atoms with E-state index in [0.717, 1.165) is 12.3 Å². The van der Waals surface area contributed by atoms with Crippen molar-refractivity contribution in [2.45, 2.75) is 38.5 Å². The van der Waals surface area contributed by atoms with E-state index in [9.17, 15) is 4.79 Å². The lowest BCUT2D eigenvalue weighted by molar-refractivity contribution is -0.132. The standard InChI is InChI=1S/C13H26N2O2/c1-17-11-10-15(9-8-14)13(16)7-6-12-4-2-3-5-12/h12H,2-11,14H2,1H3. The van der Waals surface area contributed by atoms with Crippen molar-refractivity contribution in [1.29, 1.82) is 0 Å². The molecule has 1 aliphatic carbocycles. The van der Waals surface area contributed by atoms with Crippen LogP contribution in [-0.2, 0) is 9.53 Å². The molecule has 0 atom stereocenters. The lowest BCUT2D eigenvalue weighted by Crippen LogP contribution is -2.37. The SMILES string of the molecule is COCCN(CCN)C(=O)CCC1CCCC1. The maximum atomic E-state index is 12.0. The highest BCUT2D eigenvalue weighted by Crippen LogP contribution is 2.28. The summed E-state index contributed by atoms with van der Waals surface area (Å²) in [5, 5.41) is 0. The third-order valence-corrected chi connectivity index (χ3v) is 3.56. The zero-order valence-corrected chi connectivity index (χ0v) is 11.0. The molecule has 0 aromatic heterocycles. The average Bonchev–Trinajstić information content (AvgIpc) is 2.84. The van der Waals surface area contributed by atoms with Gasteiger partial charge in [0.05, 0.1) is 6.61 Å². The fraction of sp³-hybridized carbons (Fsp3) is 0.923. The lowest BCUT2D eigenvalue weighted by atomic mass is 10.0. The summed E-state index contributed by atoms with van der Waals surface area (Å²) in [5.74, 6) is 1.01. The van der Waals surface area contributed by atoms with Crippen molar-refractivity contribution < 1.29 is 9.53 Å². The zero-order chi connectivity index (χ0) is 12.5. The first-order chi connectivity index (χ1) is 8.27. The molecule has 0 spiro atoms. The second-order valence-electron chi connectivity index (χ2n) is 4.85. The Morgan fingerprint density at radius 2 is 2.06 bits per heavy atom. The van der Waals surface area contributed by atoms with Crippen molar-refractivity contribution in [3.63, 3.8) is 0 Å². The van der Waals surface area contributed by atoms with Gasteiger partial charge in [0.25, 0.3) is 0 Å². The summed E-state index contributed by atoms with van der Waals surface area (Å²) in [4.78, 5) is 13.8. The highest BCUT2D eigenvalue weighted by Gasteiger charge is 2.18. The first-order valence-electron chi connectivity index (χ1n) is 6.74. The number of nitrogens with zero attached hydrogens (tertiary/aromatic N) is 1. The fourth-order valence-electron chi connectivity index (χ4n) is 2.50. The van der Waals surface area contributed by atoms with Gasteiger partial charge in [-0.05, 0) is 12.3 Å². The van der Waals surface area contributed by atoms with Crippen molar-refractivity contribution in [2.75, 3.05) is 33.4 Å². The minimum atomic E-state index is 0.236. The fourth-order valence-corrected chi connectivity index (χ4v) is 2.50. The van der Waals surface area contributed by atoms with Crippen LogP contribution in [0.1, 0.15) is 38.5 Å². The van der Waals surface area contributed by atoms with Crippen LogP contribution in [0.15, 0.2) is 0 Å². The summed E-state index contributed by atoms with van der Waals surface area (Å²) < 4.78 is 5.01. The van der Waals surface area contributed by atoms with Gasteiger partial charge in [-0.25, -0.2) is 0 Å². The van der Waals surface area contributed by atoms with Crippen LogP contribution in [0.3, 0.4) is 0 Å². The average molecular weight is 242 g/mol. The van der Waals surface area contributed by atoms with E-state index in [4.69, 9.17) is 10.5 Å². The van der Waals surface area contributed by atoms with Crippen LogP contribution in [0.2, 0.25) is 0 Å². The van der Waals surface area contributed by atoms with Gasteiger partial charge in [0.1, 0.15) is 0 Å². The largest absolute Gasteiger partial charge is 0.383 e. The maximum Gasteiger partial charge on any atom is 0.222 e. The molecule has 0 saturated heterocycles. The van der Waals surface area contributed by atoms with Crippen molar-refractivity contribution in [3.05, 3.63) is 0 Å². The van der Waals surface area contributed by atoms with Crippen LogP contribution in [0.4, 0.5) is 0 Å². The molecule has 0 radical (unpaired) electrons. The van der Waals surface area contributed by atoms with Crippen molar-refractivity contribution in [3.8, 4) is 0 Å². The monoisotopic (exact) mass is 242 g/mol. The molecule has 4 heteroatoms. The molecule has 1 rings (SSSR count). The summed E-state index contributed by atoms with van der Waals surface area (Å²) in [7, 11) is 1.66. The van der Waals surface area contributed by atoms with Gasteiger partial charge in [-0.2, -0.15) is 0 Å². The molecule has 0 unspecified atom stereocenters. The highest BCUT2D eigenvalue weighted by atomic mass is 16.5. The molecule has 1 fully saturated rings. The Morgan fingerprint density at radius 1 is 1.35 bits per heavy atom. The Kier molecular flexibility index (Phi) is 7.21. The number of ether oxygens (including phenoxy) is 1. The second-order valence-corrected chi connectivity index (χ2v) is 4.85. The molecule has 1 aliphatic rings. The maximum absolute atomic E-state index is 12.0. The van der Waals surface area contributed by atoms with Crippen molar-refractivity contribution >= 4 is 5.91 Å². The van der Waals surface area contributed by atoms with E-state index >= 15 is 0 Å². The van der Waals surface area contributed by atoms with Crippen molar-refractivity contribution in [2.24, 2.45) is 11.7 Å². The van der Waals surface area contributed by atoms with Gasteiger partial charge in [0.15, 0.2) is 0 Å². The van der Waals surface area contributed by atoms with Crippen LogP contribution >= 0.6 is 0 Å². The summed E-state index contributed by atoms with van der Waals surface area (Å²) in [5.41, 5.74) is 5.52. The Morgan fingerprint density at radius 3 is 2.65 bits per heavy atom. The molecule has 17 heavy (non-hydrogen) atoms. The van der Waals surface area contributed by atoms with Gasteiger partial charge in [-0.3, -0.25) is 4.79 Å². The first-order valence-corrected chi connectivity index (χ1v) is 6.74. The molecule has 0 aromatic carbocycles. The second kappa shape index (κ2) is 8.48. The number of amides is 1. The first kappa shape index (κ1) is 14.5. The van der Waals surface area contributed by atoms with Crippen LogP contribution in [0, 0.1) is 5.92 Å². The van der Waals surface area contributed by atoms with Gasteiger partial charge >= 0.3 is 0 Å². The highest BCUT2D eigenvalue weighted by molar-refractivity contribution is 5.76. The van der Waals surface area contributed by atoms with Gasteiger partial charge in [0.2, 0.25) is 5.91 Å². The number of carbonyl (C=O) groups is 1. The van der Waals surface area contributed by atoms with Gasteiger partial charge in [-0.1, -0.05) is 25.7 Å². The van der Waals surface area contributed by atoms with E-state index in [2.05, 4.69) is 0 Å². The van der Waals surface area contributed by atoms with Crippen molar-refractivity contribution in [1.82, 2.24) is 4.90 Å². The number of methoxy groups -OCH3 is 1. The van der Waals surface area contributed by atoms with Crippen LogP contribution in [0.5, 0.6) is 0 Å². The zero-order valence-electron chi connectivity index (χ0n) is 11.0. The molecule has 0 heterocycles. The Balaban J connectivity index is 2.24.